The Hall–Kier alpha value is -2.52. The highest BCUT2D eigenvalue weighted by atomic mass is 19.4. The molecule has 1 aromatic heterocycles. The number of nitrogens with zero attached hydrogens (tertiary/aromatic N) is 2. The van der Waals surface area contributed by atoms with Crippen LogP contribution in [0.15, 0.2) is 30.3 Å². The molecule has 0 bridgehead atoms. The Morgan fingerprint density at radius 3 is 2.22 bits per heavy atom. The first-order chi connectivity index (χ1) is 10.5. The number of hydrogen-bond acceptors (Lipinski definition) is 2. The van der Waals surface area contributed by atoms with Crippen molar-refractivity contribution in [1.29, 1.82) is 0 Å². The molecule has 0 saturated heterocycles. The third kappa shape index (κ3) is 3.63. The van der Waals surface area contributed by atoms with Crippen LogP contribution < -0.4 is 5.32 Å². The first kappa shape index (κ1) is 16.8. The predicted molar refractivity (Wildman–Crippen MR) is 67.6 cm³/mol. The third-order valence-electron chi connectivity index (χ3n) is 2.89. The summed E-state index contributed by atoms with van der Waals surface area (Å²) in [5, 5.41) is 5.15. The fraction of sp³-hybridized carbons (Fsp3) is 0.231. The SMILES string of the molecule is Cn1nc(C(F)(F)F)cc1NC(=O)c1ccccc1C(F)(F)F. The van der Waals surface area contributed by atoms with Crippen LogP contribution in [0.3, 0.4) is 0 Å². The molecular formula is C13H9F6N3O. The summed E-state index contributed by atoms with van der Waals surface area (Å²) < 4.78 is 76.8. The van der Waals surface area contributed by atoms with Gasteiger partial charge in [0.05, 0.1) is 11.1 Å². The number of aryl methyl sites for hydroxylation is 1. The Labute approximate surface area is 125 Å². The maximum Gasteiger partial charge on any atom is 0.435 e. The predicted octanol–water partition coefficient (Wildman–Crippen LogP) is 3.71. The van der Waals surface area contributed by atoms with Gasteiger partial charge in [-0.1, -0.05) is 12.1 Å². The van der Waals surface area contributed by atoms with Crippen LogP contribution in [-0.4, -0.2) is 15.7 Å². The van der Waals surface area contributed by atoms with Gasteiger partial charge in [-0.25, -0.2) is 0 Å². The molecule has 4 nitrogen and oxygen atoms in total. The highest BCUT2D eigenvalue weighted by Crippen LogP contribution is 2.33. The van der Waals surface area contributed by atoms with Crippen LogP contribution in [-0.2, 0) is 19.4 Å². The molecule has 0 aliphatic heterocycles. The molecule has 0 spiro atoms. The number of halogens is 6. The van der Waals surface area contributed by atoms with Gasteiger partial charge in [-0.2, -0.15) is 31.4 Å². The Morgan fingerprint density at radius 2 is 1.70 bits per heavy atom. The molecule has 0 unspecified atom stereocenters. The molecule has 0 atom stereocenters. The molecule has 0 aliphatic carbocycles. The van der Waals surface area contributed by atoms with E-state index in [1.807, 2.05) is 5.32 Å². The van der Waals surface area contributed by atoms with Gasteiger partial charge < -0.3 is 5.32 Å². The summed E-state index contributed by atoms with van der Waals surface area (Å²) in [5.74, 6) is -1.56. The standard InChI is InChI=1S/C13H9F6N3O/c1-22-10(6-9(21-22)13(17,18)19)20-11(23)7-4-2-3-5-8(7)12(14,15)16/h2-6H,1H3,(H,20,23). The topological polar surface area (TPSA) is 46.9 Å². The first-order valence-electron chi connectivity index (χ1n) is 6.09. The lowest BCUT2D eigenvalue weighted by molar-refractivity contribution is -0.141. The number of anilines is 1. The molecule has 2 rings (SSSR count). The normalized spacial score (nSPS) is 12.3. The summed E-state index contributed by atoms with van der Waals surface area (Å²) in [7, 11) is 1.13. The van der Waals surface area contributed by atoms with Crippen LogP contribution in [0.2, 0.25) is 0 Å². The van der Waals surface area contributed by atoms with Crippen LogP contribution in [0.4, 0.5) is 32.2 Å². The van der Waals surface area contributed by atoms with Crippen LogP contribution in [0.1, 0.15) is 21.6 Å². The van der Waals surface area contributed by atoms with Gasteiger partial charge in [0.1, 0.15) is 5.82 Å². The van der Waals surface area contributed by atoms with Crippen LogP contribution >= 0.6 is 0 Å². The van der Waals surface area contributed by atoms with Gasteiger partial charge in [0, 0.05) is 13.1 Å². The van der Waals surface area contributed by atoms with E-state index < -0.39 is 35.1 Å². The average Bonchev–Trinajstić information content (AvgIpc) is 2.79. The minimum Gasteiger partial charge on any atom is -0.307 e. The number of aromatic nitrogens is 2. The molecule has 1 amide bonds. The van der Waals surface area contributed by atoms with E-state index in [4.69, 9.17) is 0 Å². The Balaban J connectivity index is 2.33. The lowest BCUT2D eigenvalue weighted by Crippen LogP contribution is -2.19. The van der Waals surface area contributed by atoms with E-state index in [1.54, 1.807) is 0 Å². The van der Waals surface area contributed by atoms with E-state index in [2.05, 4.69) is 5.10 Å². The quantitative estimate of drug-likeness (QED) is 0.849. The molecule has 124 valence electrons. The van der Waals surface area contributed by atoms with Crippen molar-refractivity contribution in [3.8, 4) is 0 Å². The summed E-state index contributed by atoms with van der Waals surface area (Å²) in [6.45, 7) is 0. The largest absolute Gasteiger partial charge is 0.435 e. The van der Waals surface area contributed by atoms with Gasteiger partial charge in [0.25, 0.3) is 5.91 Å². The molecule has 0 radical (unpaired) electrons. The van der Waals surface area contributed by atoms with Crippen molar-refractivity contribution in [1.82, 2.24) is 9.78 Å². The maximum atomic E-state index is 12.8. The van der Waals surface area contributed by atoms with Crippen LogP contribution in [0.25, 0.3) is 0 Å². The minimum atomic E-state index is -4.77. The van der Waals surface area contributed by atoms with Crippen LogP contribution in [0, 0.1) is 0 Å². The zero-order valence-electron chi connectivity index (χ0n) is 11.5. The number of nitrogens with one attached hydrogen (secondary N) is 1. The molecule has 23 heavy (non-hydrogen) atoms. The number of alkyl halides is 6. The van der Waals surface area contributed by atoms with Crippen molar-refractivity contribution in [2.24, 2.45) is 7.05 Å². The summed E-state index contributed by atoms with van der Waals surface area (Å²) in [6, 6.07) is 4.49. The Morgan fingerprint density at radius 1 is 1.09 bits per heavy atom. The lowest BCUT2D eigenvalue weighted by atomic mass is 10.1. The van der Waals surface area contributed by atoms with Crippen molar-refractivity contribution in [2.45, 2.75) is 12.4 Å². The van der Waals surface area contributed by atoms with Gasteiger partial charge in [-0.15, -0.1) is 0 Å². The summed E-state index contributed by atoms with van der Waals surface area (Å²) >= 11 is 0. The molecule has 0 aliphatic rings. The highest BCUT2D eigenvalue weighted by Gasteiger charge is 2.36. The monoisotopic (exact) mass is 337 g/mol. The van der Waals surface area contributed by atoms with Crippen molar-refractivity contribution in [3.05, 3.63) is 47.2 Å². The first-order valence-corrected chi connectivity index (χ1v) is 6.09. The van der Waals surface area contributed by atoms with E-state index in [-0.39, 0.29) is 5.82 Å². The molecular weight excluding hydrogens is 328 g/mol. The zero-order valence-corrected chi connectivity index (χ0v) is 11.5. The van der Waals surface area contributed by atoms with Gasteiger partial charge in [0.2, 0.25) is 0 Å². The number of amides is 1. The van der Waals surface area contributed by atoms with Gasteiger partial charge in [0.15, 0.2) is 5.69 Å². The number of carbonyl (C=O) groups excluding carboxylic acids is 1. The van der Waals surface area contributed by atoms with Crippen LogP contribution in [0.5, 0.6) is 0 Å². The summed E-state index contributed by atoms with van der Waals surface area (Å²) in [6.07, 6.45) is -9.50. The molecule has 1 heterocycles. The third-order valence-corrected chi connectivity index (χ3v) is 2.89. The zero-order chi connectivity index (χ0) is 17.4. The van der Waals surface area contributed by atoms with E-state index in [0.717, 1.165) is 23.9 Å². The Bertz CT molecular complexity index is 732. The molecule has 1 aromatic carbocycles. The molecule has 2 aromatic rings. The number of hydrogen-bond donors (Lipinski definition) is 1. The van der Waals surface area contributed by atoms with E-state index in [0.29, 0.717) is 12.1 Å². The summed E-state index contributed by atoms with van der Waals surface area (Å²) in [5.41, 5.74) is -3.15. The molecule has 1 N–H and O–H groups in total. The second-order valence-electron chi connectivity index (χ2n) is 4.53. The van der Waals surface area contributed by atoms with Gasteiger partial charge in [-0.3, -0.25) is 9.48 Å². The number of rotatable bonds is 2. The average molecular weight is 337 g/mol. The van der Waals surface area contributed by atoms with Crippen molar-refractivity contribution in [2.75, 3.05) is 5.32 Å². The fourth-order valence-corrected chi connectivity index (χ4v) is 1.83. The van der Waals surface area contributed by atoms with Gasteiger partial charge in [-0.05, 0) is 12.1 Å². The molecule has 0 saturated carbocycles. The lowest BCUT2D eigenvalue weighted by Gasteiger charge is -2.12. The van der Waals surface area contributed by atoms with Crippen molar-refractivity contribution >= 4 is 11.7 Å². The highest BCUT2D eigenvalue weighted by molar-refractivity contribution is 6.05. The van der Waals surface area contributed by atoms with Crippen molar-refractivity contribution < 1.29 is 31.1 Å². The fourth-order valence-electron chi connectivity index (χ4n) is 1.83. The second-order valence-corrected chi connectivity index (χ2v) is 4.53. The second kappa shape index (κ2) is 5.60. The van der Waals surface area contributed by atoms with E-state index >= 15 is 0 Å². The number of benzene rings is 1. The van der Waals surface area contributed by atoms with E-state index in [1.165, 1.54) is 6.07 Å². The van der Waals surface area contributed by atoms with Gasteiger partial charge >= 0.3 is 12.4 Å². The molecule has 10 heteroatoms. The smallest absolute Gasteiger partial charge is 0.307 e. The van der Waals surface area contributed by atoms with E-state index in [9.17, 15) is 31.1 Å². The summed E-state index contributed by atoms with van der Waals surface area (Å²) in [4.78, 5) is 12.0. The Kier molecular flexibility index (Phi) is 4.10. The minimum absolute atomic E-state index is 0.376. The van der Waals surface area contributed by atoms with Crippen molar-refractivity contribution in [3.63, 3.8) is 0 Å². The number of carbonyl (C=O) groups is 1. The maximum absolute atomic E-state index is 12.8. The molecule has 0 fully saturated rings.